The standard InChI is InChI=1S/C27H33FN2O3S2/c1-33-21-4-6-26-24(16-21)23(8-11-29-26)25(28)5-2-19-9-12-30(17-20(19)3-7-27(31)32)13-15-35-22-10-14-34-18-22/h4,6,8,10-11,14,16,18-20,25H,2-3,5,7,9,12-13,15,17H2,1H3,(H,31,32)/t19?,20?,25-/m0/s1. The van der Waals surface area contributed by atoms with Gasteiger partial charge in [-0.25, -0.2) is 4.39 Å². The zero-order valence-electron chi connectivity index (χ0n) is 20.1. The zero-order chi connectivity index (χ0) is 24.6. The van der Waals surface area contributed by atoms with E-state index in [1.165, 1.54) is 4.90 Å². The number of fused-ring (bicyclic) bond motifs is 1. The predicted octanol–water partition coefficient (Wildman–Crippen LogP) is 6.69. The number of likely N-dealkylation sites (tertiary alicyclic amines) is 1. The minimum Gasteiger partial charge on any atom is -0.497 e. The number of rotatable bonds is 12. The highest BCUT2D eigenvalue weighted by molar-refractivity contribution is 7.99. The number of carbonyl (C=O) groups is 1. The van der Waals surface area contributed by atoms with Crippen LogP contribution in [0.1, 0.15) is 43.8 Å². The van der Waals surface area contributed by atoms with Gasteiger partial charge in [0, 0.05) is 47.1 Å². The summed E-state index contributed by atoms with van der Waals surface area (Å²) in [5.41, 5.74) is 1.41. The van der Waals surface area contributed by atoms with E-state index in [2.05, 4.69) is 26.7 Å². The summed E-state index contributed by atoms with van der Waals surface area (Å²) in [5, 5.41) is 14.3. The average molecular weight is 517 g/mol. The Morgan fingerprint density at radius 3 is 2.97 bits per heavy atom. The van der Waals surface area contributed by atoms with Gasteiger partial charge in [-0.15, -0.1) is 11.8 Å². The highest BCUT2D eigenvalue weighted by Gasteiger charge is 2.30. The van der Waals surface area contributed by atoms with Crippen LogP contribution < -0.4 is 4.74 Å². The van der Waals surface area contributed by atoms with Crippen LogP contribution in [0.25, 0.3) is 10.9 Å². The van der Waals surface area contributed by atoms with Crippen molar-refractivity contribution in [1.29, 1.82) is 0 Å². The van der Waals surface area contributed by atoms with E-state index < -0.39 is 12.1 Å². The summed E-state index contributed by atoms with van der Waals surface area (Å²) in [6.07, 6.45) is 3.58. The third-order valence-corrected chi connectivity index (χ3v) is 8.79. The molecule has 1 aromatic carbocycles. The molecule has 0 bridgehead atoms. The lowest BCUT2D eigenvalue weighted by Crippen LogP contribution is -2.41. The van der Waals surface area contributed by atoms with Crippen molar-refractivity contribution in [3.63, 3.8) is 0 Å². The number of thiophene rings is 1. The number of hydrogen-bond acceptors (Lipinski definition) is 6. The number of hydrogen-bond donors (Lipinski definition) is 1. The van der Waals surface area contributed by atoms with Crippen molar-refractivity contribution >= 4 is 40.0 Å². The van der Waals surface area contributed by atoms with E-state index in [9.17, 15) is 9.90 Å². The van der Waals surface area contributed by atoms with Gasteiger partial charge in [-0.3, -0.25) is 9.78 Å². The number of piperidine rings is 1. The number of carboxylic acid groups (broad SMARTS) is 1. The summed E-state index contributed by atoms with van der Waals surface area (Å²) < 4.78 is 20.8. The predicted molar refractivity (Wildman–Crippen MR) is 141 cm³/mol. The van der Waals surface area contributed by atoms with E-state index in [1.54, 1.807) is 30.7 Å². The number of alkyl halides is 1. The second kappa shape index (κ2) is 12.7. The molecule has 2 unspecified atom stereocenters. The monoisotopic (exact) mass is 516 g/mol. The van der Waals surface area contributed by atoms with E-state index in [0.29, 0.717) is 30.1 Å². The van der Waals surface area contributed by atoms with Gasteiger partial charge >= 0.3 is 5.97 Å². The zero-order valence-corrected chi connectivity index (χ0v) is 21.7. The van der Waals surface area contributed by atoms with Crippen LogP contribution in [0.4, 0.5) is 4.39 Å². The van der Waals surface area contributed by atoms with Crippen molar-refractivity contribution in [2.75, 3.05) is 32.5 Å². The molecule has 188 valence electrons. The number of carboxylic acids is 1. The molecule has 3 atom stereocenters. The van der Waals surface area contributed by atoms with E-state index in [4.69, 9.17) is 4.74 Å². The fraction of sp³-hybridized carbons (Fsp3) is 0.481. The second-order valence-corrected chi connectivity index (χ2v) is 11.1. The molecule has 3 heterocycles. The van der Waals surface area contributed by atoms with Crippen LogP contribution in [0.15, 0.2) is 52.2 Å². The van der Waals surface area contributed by atoms with E-state index in [0.717, 1.165) is 49.1 Å². The lowest BCUT2D eigenvalue weighted by Gasteiger charge is -2.39. The van der Waals surface area contributed by atoms with Crippen LogP contribution >= 0.6 is 23.1 Å². The molecular formula is C27H33FN2O3S2. The Balaban J connectivity index is 1.36. The van der Waals surface area contributed by atoms with Gasteiger partial charge in [-0.1, -0.05) is 0 Å². The van der Waals surface area contributed by atoms with Crippen molar-refractivity contribution in [1.82, 2.24) is 9.88 Å². The van der Waals surface area contributed by atoms with Crippen LogP contribution in [-0.2, 0) is 4.79 Å². The largest absolute Gasteiger partial charge is 0.497 e. The summed E-state index contributed by atoms with van der Waals surface area (Å²) in [4.78, 5) is 19.4. The third-order valence-electron chi connectivity index (χ3n) is 6.99. The quantitative estimate of drug-likeness (QED) is 0.271. The maximum Gasteiger partial charge on any atom is 0.303 e. The number of thioether (sulfide) groups is 1. The molecule has 1 fully saturated rings. The highest BCUT2D eigenvalue weighted by Crippen LogP contribution is 2.36. The number of aliphatic carboxylic acids is 1. The van der Waals surface area contributed by atoms with Crippen LogP contribution in [-0.4, -0.2) is 53.5 Å². The molecule has 35 heavy (non-hydrogen) atoms. The summed E-state index contributed by atoms with van der Waals surface area (Å²) in [6, 6.07) is 9.46. The number of ether oxygens (including phenoxy) is 1. The van der Waals surface area contributed by atoms with E-state index in [1.807, 2.05) is 30.0 Å². The van der Waals surface area contributed by atoms with Gasteiger partial charge in [-0.2, -0.15) is 11.3 Å². The smallest absolute Gasteiger partial charge is 0.303 e. The van der Waals surface area contributed by atoms with Crippen molar-refractivity contribution in [3.05, 3.63) is 52.9 Å². The lowest BCUT2D eigenvalue weighted by molar-refractivity contribution is -0.137. The van der Waals surface area contributed by atoms with Gasteiger partial charge in [0.2, 0.25) is 0 Å². The summed E-state index contributed by atoms with van der Waals surface area (Å²) in [6.45, 7) is 2.88. The lowest BCUT2D eigenvalue weighted by atomic mass is 9.79. The first-order valence-corrected chi connectivity index (χ1v) is 14.1. The van der Waals surface area contributed by atoms with E-state index in [-0.39, 0.29) is 12.3 Å². The van der Waals surface area contributed by atoms with Gasteiger partial charge in [0.25, 0.3) is 0 Å². The maximum absolute atomic E-state index is 15.5. The summed E-state index contributed by atoms with van der Waals surface area (Å²) in [7, 11) is 1.61. The fourth-order valence-corrected chi connectivity index (χ4v) is 6.86. The molecule has 8 heteroatoms. The minimum atomic E-state index is -1.09. The molecule has 5 nitrogen and oxygen atoms in total. The van der Waals surface area contributed by atoms with Crippen molar-refractivity contribution < 1.29 is 19.0 Å². The van der Waals surface area contributed by atoms with Crippen LogP contribution in [0, 0.1) is 11.8 Å². The molecule has 1 aliphatic heterocycles. The molecule has 0 radical (unpaired) electrons. The Kier molecular flexibility index (Phi) is 9.40. The molecule has 1 aliphatic rings. The summed E-state index contributed by atoms with van der Waals surface area (Å²) in [5.74, 6) is 1.59. The second-order valence-electron chi connectivity index (χ2n) is 9.18. The average Bonchev–Trinajstić information content (AvgIpc) is 3.39. The normalized spacial score (nSPS) is 19.6. The topological polar surface area (TPSA) is 62.7 Å². The molecule has 0 amide bonds. The molecule has 1 saturated heterocycles. The number of methoxy groups -OCH3 is 1. The third kappa shape index (κ3) is 7.18. The Labute approximate surface area is 214 Å². The highest BCUT2D eigenvalue weighted by atomic mass is 32.2. The minimum absolute atomic E-state index is 0.173. The Hall–Kier alpha value is -2.16. The van der Waals surface area contributed by atoms with Crippen LogP contribution in [0.2, 0.25) is 0 Å². The molecule has 0 spiro atoms. The Morgan fingerprint density at radius 1 is 1.31 bits per heavy atom. The van der Waals surface area contributed by atoms with Crippen LogP contribution in [0.5, 0.6) is 5.75 Å². The van der Waals surface area contributed by atoms with Gasteiger partial charge in [-0.05, 0) is 85.3 Å². The van der Waals surface area contributed by atoms with Gasteiger partial charge in [0.1, 0.15) is 11.9 Å². The first kappa shape index (κ1) is 25.9. The number of pyridine rings is 1. The van der Waals surface area contributed by atoms with E-state index >= 15 is 4.39 Å². The van der Waals surface area contributed by atoms with Crippen molar-refractivity contribution in [2.45, 2.75) is 43.2 Å². The number of halogens is 1. The first-order valence-electron chi connectivity index (χ1n) is 12.2. The molecule has 3 aromatic rings. The number of aromatic nitrogens is 1. The number of benzene rings is 1. The molecule has 1 N–H and O–H groups in total. The number of nitrogens with zero attached hydrogens (tertiary/aromatic N) is 2. The Morgan fingerprint density at radius 2 is 2.20 bits per heavy atom. The maximum atomic E-state index is 15.5. The first-order chi connectivity index (χ1) is 17.0. The molecule has 2 aromatic heterocycles. The van der Waals surface area contributed by atoms with Gasteiger partial charge in [0.05, 0.1) is 12.6 Å². The fourth-order valence-electron chi connectivity index (χ4n) is 5.06. The molecule has 0 saturated carbocycles. The molecular weight excluding hydrogens is 483 g/mol. The van der Waals surface area contributed by atoms with Crippen molar-refractivity contribution in [3.8, 4) is 5.75 Å². The van der Waals surface area contributed by atoms with Gasteiger partial charge < -0.3 is 14.7 Å². The Bertz CT molecular complexity index is 1100. The van der Waals surface area contributed by atoms with Crippen molar-refractivity contribution in [2.24, 2.45) is 11.8 Å². The SMILES string of the molecule is COc1ccc2nccc([C@@H](F)CCC3CCN(CCSc4ccsc4)CC3CCC(=O)O)c2c1. The summed E-state index contributed by atoms with van der Waals surface area (Å²) >= 11 is 3.58. The van der Waals surface area contributed by atoms with Gasteiger partial charge in [0.15, 0.2) is 0 Å². The molecule has 0 aliphatic carbocycles. The van der Waals surface area contributed by atoms with Crippen LogP contribution in [0.3, 0.4) is 0 Å². The molecule has 4 rings (SSSR count).